The van der Waals surface area contributed by atoms with Crippen LogP contribution in [0.25, 0.3) is 0 Å². The summed E-state index contributed by atoms with van der Waals surface area (Å²) in [7, 11) is 0. The second-order valence-electron chi connectivity index (χ2n) is 6.55. The molecular formula is C13H28N4O4. The zero-order valence-corrected chi connectivity index (χ0v) is 13.5. The van der Waals surface area contributed by atoms with Gasteiger partial charge in [0.15, 0.2) is 0 Å². The quantitative estimate of drug-likeness (QED) is 0.321. The first-order valence-electron chi connectivity index (χ1n) is 7.30. The van der Waals surface area contributed by atoms with E-state index in [1.165, 1.54) is 0 Å². The Morgan fingerprint density at radius 1 is 0.762 bits per heavy atom. The van der Waals surface area contributed by atoms with E-state index in [0.29, 0.717) is 13.1 Å². The Morgan fingerprint density at radius 3 is 1.38 bits per heavy atom. The van der Waals surface area contributed by atoms with Gasteiger partial charge in [-0.25, -0.2) is 0 Å². The van der Waals surface area contributed by atoms with Gasteiger partial charge < -0.3 is 10.6 Å². The Bertz CT molecular complexity index is 313. The largest absolute Gasteiger partial charge is 0.310 e. The van der Waals surface area contributed by atoms with Crippen molar-refractivity contribution in [2.45, 2.75) is 58.0 Å². The molecule has 0 atom stereocenters. The van der Waals surface area contributed by atoms with E-state index >= 15 is 0 Å². The van der Waals surface area contributed by atoms with Gasteiger partial charge in [-0.3, -0.25) is 20.2 Å². The molecular weight excluding hydrogens is 276 g/mol. The maximum Gasteiger partial charge on any atom is 0.228 e. The molecule has 0 spiro atoms. The molecule has 0 radical (unpaired) electrons. The molecule has 0 heterocycles. The molecule has 0 amide bonds. The first-order chi connectivity index (χ1) is 9.59. The van der Waals surface area contributed by atoms with E-state index in [0.717, 1.165) is 32.4 Å². The Kier molecular flexibility index (Phi) is 8.34. The maximum atomic E-state index is 10.7. The molecule has 8 heteroatoms. The van der Waals surface area contributed by atoms with E-state index in [1.54, 1.807) is 27.7 Å². The highest BCUT2D eigenvalue weighted by atomic mass is 16.6. The lowest BCUT2D eigenvalue weighted by Gasteiger charge is -2.16. The van der Waals surface area contributed by atoms with Crippen LogP contribution in [0, 0.1) is 20.2 Å². The summed E-state index contributed by atoms with van der Waals surface area (Å²) in [6.07, 6.45) is 2.86. The van der Waals surface area contributed by atoms with Crippen LogP contribution in [0.4, 0.5) is 0 Å². The summed E-state index contributed by atoms with van der Waals surface area (Å²) in [5.74, 6) is 0. The summed E-state index contributed by atoms with van der Waals surface area (Å²) in [6, 6.07) is 0. The molecule has 0 bridgehead atoms. The Morgan fingerprint density at radius 2 is 1.10 bits per heavy atom. The van der Waals surface area contributed by atoms with Gasteiger partial charge in [-0.2, -0.15) is 0 Å². The van der Waals surface area contributed by atoms with Crippen molar-refractivity contribution in [2.24, 2.45) is 0 Å². The minimum atomic E-state index is -0.935. The second kappa shape index (κ2) is 8.89. The zero-order chi connectivity index (χ0) is 16.5. The Hall–Kier alpha value is -1.28. The molecule has 0 rings (SSSR count). The summed E-state index contributed by atoms with van der Waals surface area (Å²) >= 11 is 0. The molecule has 0 aromatic carbocycles. The predicted molar refractivity (Wildman–Crippen MR) is 81.7 cm³/mol. The van der Waals surface area contributed by atoms with Gasteiger partial charge in [-0.15, -0.1) is 0 Å². The van der Waals surface area contributed by atoms with E-state index in [9.17, 15) is 20.2 Å². The molecule has 0 aromatic rings. The Balaban J connectivity index is 3.50. The van der Waals surface area contributed by atoms with Crippen LogP contribution in [0.5, 0.6) is 0 Å². The molecule has 0 aliphatic heterocycles. The minimum absolute atomic E-state index is 0.277. The predicted octanol–water partition coefficient (Wildman–Crippen LogP) is 1.45. The average molecular weight is 304 g/mol. The van der Waals surface area contributed by atoms with Gasteiger partial charge in [0.05, 0.1) is 13.1 Å². The summed E-state index contributed by atoms with van der Waals surface area (Å²) in [4.78, 5) is 20.8. The van der Waals surface area contributed by atoms with Crippen molar-refractivity contribution in [2.75, 3.05) is 26.2 Å². The lowest BCUT2D eigenvalue weighted by atomic mass is 10.1. The molecule has 0 aliphatic rings. The van der Waals surface area contributed by atoms with E-state index in [2.05, 4.69) is 10.6 Å². The smallest absolute Gasteiger partial charge is 0.228 e. The summed E-state index contributed by atoms with van der Waals surface area (Å²) in [5.41, 5.74) is -1.87. The van der Waals surface area contributed by atoms with E-state index in [-0.39, 0.29) is 9.85 Å². The fourth-order valence-corrected chi connectivity index (χ4v) is 1.59. The fraction of sp³-hybridized carbons (Fsp3) is 1.00. The maximum absolute atomic E-state index is 10.7. The highest BCUT2D eigenvalue weighted by molar-refractivity contribution is 4.71. The van der Waals surface area contributed by atoms with Gasteiger partial charge in [-0.1, -0.05) is 6.42 Å². The van der Waals surface area contributed by atoms with E-state index in [4.69, 9.17) is 0 Å². The van der Waals surface area contributed by atoms with Crippen molar-refractivity contribution >= 4 is 0 Å². The third-order valence-corrected chi connectivity index (χ3v) is 3.31. The number of rotatable bonds is 12. The molecule has 0 aromatic heterocycles. The van der Waals surface area contributed by atoms with Crippen molar-refractivity contribution in [1.82, 2.24) is 10.6 Å². The molecule has 124 valence electrons. The van der Waals surface area contributed by atoms with Gasteiger partial charge in [0.2, 0.25) is 11.1 Å². The molecule has 0 fully saturated rings. The summed E-state index contributed by atoms with van der Waals surface area (Å²) < 4.78 is 0. The average Bonchev–Trinajstić information content (AvgIpc) is 2.36. The third-order valence-electron chi connectivity index (χ3n) is 3.31. The SMILES string of the molecule is CC(C)(CNCCCCCNCC(C)(C)[N+](=O)[O-])[N+](=O)[O-]. The fourth-order valence-electron chi connectivity index (χ4n) is 1.59. The standard InChI is InChI=1S/C13H28N4O4/c1-12(2,16(18)19)10-14-8-6-5-7-9-15-11-13(3,4)17(20)21/h14-15H,5-11H2,1-4H3. The van der Waals surface area contributed by atoms with Crippen LogP contribution in [0.15, 0.2) is 0 Å². The van der Waals surface area contributed by atoms with Gasteiger partial charge in [0.1, 0.15) is 0 Å². The molecule has 0 aliphatic carbocycles. The molecule has 0 unspecified atom stereocenters. The summed E-state index contributed by atoms with van der Waals surface area (Å²) in [6.45, 7) is 8.60. The van der Waals surface area contributed by atoms with Gasteiger partial charge in [0.25, 0.3) is 0 Å². The van der Waals surface area contributed by atoms with Crippen molar-refractivity contribution in [1.29, 1.82) is 0 Å². The van der Waals surface area contributed by atoms with Crippen LogP contribution in [-0.2, 0) is 0 Å². The normalized spacial score (nSPS) is 12.4. The highest BCUT2D eigenvalue weighted by Gasteiger charge is 2.30. The van der Waals surface area contributed by atoms with Crippen LogP contribution >= 0.6 is 0 Å². The first kappa shape index (κ1) is 19.7. The topological polar surface area (TPSA) is 110 Å². The molecule has 0 saturated heterocycles. The number of hydrogen-bond donors (Lipinski definition) is 2. The molecule has 21 heavy (non-hydrogen) atoms. The van der Waals surface area contributed by atoms with E-state index < -0.39 is 11.1 Å². The van der Waals surface area contributed by atoms with Crippen LogP contribution < -0.4 is 10.6 Å². The van der Waals surface area contributed by atoms with Crippen LogP contribution in [0.1, 0.15) is 47.0 Å². The van der Waals surface area contributed by atoms with Crippen molar-refractivity contribution in [3.05, 3.63) is 20.2 Å². The van der Waals surface area contributed by atoms with Crippen molar-refractivity contribution < 1.29 is 9.85 Å². The second-order valence-corrected chi connectivity index (χ2v) is 6.55. The van der Waals surface area contributed by atoms with Gasteiger partial charge in [0, 0.05) is 37.5 Å². The van der Waals surface area contributed by atoms with Crippen molar-refractivity contribution in [3.8, 4) is 0 Å². The van der Waals surface area contributed by atoms with Gasteiger partial charge >= 0.3 is 0 Å². The highest BCUT2D eigenvalue weighted by Crippen LogP contribution is 2.06. The first-order valence-corrected chi connectivity index (χ1v) is 7.30. The van der Waals surface area contributed by atoms with Gasteiger partial charge in [-0.05, 0) is 25.9 Å². The number of nitrogens with one attached hydrogen (secondary N) is 2. The molecule has 8 nitrogen and oxygen atoms in total. The monoisotopic (exact) mass is 304 g/mol. The molecule has 2 N–H and O–H groups in total. The van der Waals surface area contributed by atoms with Crippen molar-refractivity contribution in [3.63, 3.8) is 0 Å². The number of nitrogens with zero attached hydrogens (tertiary/aromatic N) is 2. The summed E-state index contributed by atoms with van der Waals surface area (Å²) in [5, 5.41) is 27.6. The van der Waals surface area contributed by atoms with Crippen LogP contribution in [0.3, 0.4) is 0 Å². The zero-order valence-electron chi connectivity index (χ0n) is 13.5. The Labute approximate surface area is 126 Å². The lowest BCUT2D eigenvalue weighted by Crippen LogP contribution is -2.42. The molecule has 0 saturated carbocycles. The van der Waals surface area contributed by atoms with Crippen LogP contribution in [0.2, 0.25) is 0 Å². The lowest BCUT2D eigenvalue weighted by molar-refractivity contribution is -0.558. The third kappa shape index (κ3) is 8.56. The number of nitro groups is 2. The van der Waals surface area contributed by atoms with E-state index in [1.807, 2.05) is 0 Å². The number of unbranched alkanes of at least 4 members (excludes halogenated alkanes) is 2. The van der Waals surface area contributed by atoms with Crippen LogP contribution in [-0.4, -0.2) is 47.1 Å². The number of hydrogen-bond acceptors (Lipinski definition) is 6. The minimum Gasteiger partial charge on any atom is -0.310 e.